The standard InChI is InChI=1S/C20H26N2O5S2/c1-4-27-19-10-9-18(22-11-5-6-12-28(22,23)24)14-20(19)29(25,26)21-17-8-7-15(2)16(3)13-17/h7-10,13-14,21H,4-6,11-12H2,1-3H3. The average Bonchev–Trinajstić information content (AvgIpc) is 2.65. The lowest BCUT2D eigenvalue weighted by Crippen LogP contribution is -2.37. The number of sulfonamides is 2. The van der Waals surface area contributed by atoms with Gasteiger partial charge in [-0.1, -0.05) is 6.07 Å². The van der Waals surface area contributed by atoms with E-state index < -0.39 is 20.0 Å². The van der Waals surface area contributed by atoms with E-state index in [1.54, 1.807) is 25.1 Å². The highest BCUT2D eigenvalue weighted by atomic mass is 32.2. The van der Waals surface area contributed by atoms with Crippen LogP contribution >= 0.6 is 0 Å². The van der Waals surface area contributed by atoms with Crippen molar-refractivity contribution >= 4 is 31.4 Å². The smallest absolute Gasteiger partial charge is 0.265 e. The molecule has 0 saturated carbocycles. The second-order valence-corrected chi connectivity index (χ2v) is 10.7. The van der Waals surface area contributed by atoms with E-state index in [4.69, 9.17) is 4.74 Å². The lowest BCUT2D eigenvalue weighted by atomic mass is 10.1. The Balaban J connectivity index is 2.04. The lowest BCUT2D eigenvalue weighted by molar-refractivity contribution is 0.331. The second-order valence-electron chi connectivity index (χ2n) is 7.06. The van der Waals surface area contributed by atoms with Gasteiger partial charge in [-0.2, -0.15) is 0 Å². The molecule has 0 spiro atoms. The minimum atomic E-state index is -3.99. The first-order valence-electron chi connectivity index (χ1n) is 9.51. The summed E-state index contributed by atoms with van der Waals surface area (Å²) >= 11 is 0. The number of ether oxygens (including phenoxy) is 1. The molecule has 0 aromatic heterocycles. The Labute approximate surface area is 172 Å². The summed E-state index contributed by atoms with van der Waals surface area (Å²) in [5.41, 5.74) is 2.78. The van der Waals surface area contributed by atoms with Gasteiger partial charge in [0.1, 0.15) is 10.6 Å². The second kappa shape index (κ2) is 8.23. The summed E-state index contributed by atoms with van der Waals surface area (Å²) < 4.78 is 60.5. The summed E-state index contributed by atoms with van der Waals surface area (Å²) in [5, 5.41) is 0. The minimum absolute atomic E-state index is 0.0587. The van der Waals surface area contributed by atoms with Crippen LogP contribution in [0.5, 0.6) is 5.75 Å². The molecule has 29 heavy (non-hydrogen) atoms. The third-order valence-electron chi connectivity index (χ3n) is 4.91. The van der Waals surface area contributed by atoms with Crippen molar-refractivity contribution in [2.24, 2.45) is 0 Å². The van der Waals surface area contributed by atoms with Crippen LogP contribution in [0.2, 0.25) is 0 Å². The molecule has 1 aliphatic rings. The molecule has 0 amide bonds. The SMILES string of the molecule is CCOc1ccc(N2CCCCS2(=O)=O)cc1S(=O)(=O)Nc1ccc(C)c(C)c1. The summed E-state index contributed by atoms with van der Waals surface area (Å²) in [6.07, 6.45) is 1.34. The number of nitrogens with zero attached hydrogens (tertiary/aromatic N) is 1. The molecule has 1 fully saturated rings. The molecule has 2 aromatic carbocycles. The largest absolute Gasteiger partial charge is 0.492 e. The van der Waals surface area contributed by atoms with Crippen molar-refractivity contribution in [3.05, 3.63) is 47.5 Å². The van der Waals surface area contributed by atoms with Gasteiger partial charge in [0.25, 0.3) is 10.0 Å². The van der Waals surface area contributed by atoms with Gasteiger partial charge >= 0.3 is 0 Å². The molecule has 1 N–H and O–H groups in total. The maximum absolute atomic E-state index is 13.1. The molecular weight excluding hydrogens is 412 g/mol. The Morgan fingerprint density at radius 1 is 1.07 bits per heavy atom. The van der Waals surface area contributed by atoms with Crippen LogP contribution in [0, 0.1) is 13.8 Å². The van der Waals surface area contributed by atoms with Gasteiger partial charge in [-0.05, 0) is 75.1 Å². The van der Waals surface area contributed by atoms with E-state index in [2.05, 4.69) is 4.72 Å². The summed E-state index contributed by atoms with van der Waals surface area (Å²) in [4.78, 5) is -0.0872. The van der Waals surface area contributed by atoms with E-state index in [9.17, 15) is 16.8 Å². The highest BCUT2D eigenvalue weighted by molar-refractivity contribution is 7.93. The predicted octanol–water partition coefficient (Wildman–Crippen LogP) is 3.43. The molecule has 1 aliphatic heterocycles. The molecule has 0 radical (unpaired) electrons. The highest BCUT2D eigenvalue weighted by Crippen LogP contribution is 2.33. The molecule has 0 bridgehead atoms. The summed E-state index contributed by atoms with van der Waals surface area (Å²) in [6, 6.07) is 9.76. The topological polar surface area (TPSA) is 92.8 Å². The van der Waals surface area contributed by atoms with Crippen LogP contribution in [0.1, 0.15) is 30.9 Å². The molecule has 0 unspecified atom stereocenters. The van der Waals surface area contributed by atoms with Crippen molar-refractivity contribution in [2.45, 2.75) is 38.5 Å². The third kappa shape index (κ3) is 4.67. The van der Waals surface area contributed by atoms with E-state index in [0.717, 1.165) is 17.5 Å². The van der Waals surface area contributed by atoms with Crippen LogP contribution in [0.15, 0.2) is 41.3 Å². The number of nitrogens with one attached hydrogen (secondary N) is 1. The fraction of sp³-hybridized carbons (Fsp3) is 0.400. The number of hydrogen-bond donors (Lipinski definition) is 1. The molecule has 0 aliphatic carbocycles. The molecule has 7 nitrogen and oxygen atoms in total. The van der Waals surface area contributed by atoms with Crippen molar-refractivity contribution in [2.75, 3.05) is 27.9 Å². The number of anilines is 2. The van der Waals surface area contributed by atoms with Gasteiger partial charge in [0, 0.05) is 12.2 Å². The molecule has 0 atom stereocenters. The van der Waals surface area contributed by atoms with Crippen molar-refractivity contribution in [3.63, 3.8) is 0 Å². The van der Waals surface area contributed by atoms with Gasteiger partial charge in [0.15, 0.2) is 0 Å². The Morgan fingerprint density at radius 2 is 1.83 bits per heavy atom. The van der Waals surface area contributed by atoms with E-state index in [1.807, 2.05) is 19.9 Å². The summed E-state index contributed by atoms with van der Waals surface area (Å²) in [5.74, 6) is 0.241. The van der Waals surface area contributed by atoms with Gasteiger partial charge in [-0.3, -0.25) is 9.03 Å². The van der Waals surface area contributed by atoms with Crippen molar-refractivity contribution in [1.82, 2.24) is 0 Å². The van der Waals surface area contributed by atoms with Crippen LogP contribution in [0.4, 0.5) is 11.4 Å². The lowest BCUT2D eigenvalue weighted by Gasteiger charge is -2.29. The summed E-state index contributed by atoms with van der Waals surface area (Å²) in [7, 11) is -7.45. The van der Waals surface area contributed by atoms with Crippen molar-refractivity contribution in [3.8, 4) is 5.75 Å². The highest BCUT2D eigenvalue weighted by Gasteiger charge is 2.29. The Hall–Kier alpha value is -2.26. The first kappa shape index (κ1) is 21.4. The summed E-state index contributed by atoms with van der Waals surface area (Å²) in [6.45, 7) is 6.23. The molecule has 3 rings (SSSR count). The van der Waals surface area contributed by atoms with E-state index in [1.165, 1.54) is 16.4 Å². The maximum atomic E-state index is 13.1. The Kier molecular flexibility index (Phi) is 6.09. The van der Waals surface area contributed by atoms with Crippen molar-refractivity contribution in [1.29, 1.82) is 0 Å². The quantitative estimate of drug-likeness (QED) is 0.746. The molecule has 9 heteroatoms. The van der Waals surface area contributed by atoms with E-state index in [-0.39, 0.29) is 23.0 Å². The monoisotopic (exact) mass is 438 g/mol. The zero-order valence-electron chi connectivity index (χ0n) is 16.8. The molecule has 158 valence electrons. The number of benzene rings is 2. The minimum Gasteiger partial charge on any atom is -0.492 e. The predicted molar refractivity (Wildman–Crippen MR) is 115 cm³/mol. The normalized spacial score (nSPS) is 16.4. The average molecular weight is 439 g/mol. The van der Waals surface area contributed by atoms with Gasteiger partial charge in [0.2, 0.25) is 10.0 Å². The van der Waals surface area contributed by atoms with E-state index >= 15 is 0 Å². The zero-order valence-corrected chi connectivity index (χ0v) is 18.4. The fourth-order valence-corrected chi connectivity index (χ4v) is 6.08. The van der Waals surface area contributed by atoms with Gasteiger partial charge < -0.3 is 4.74 Å². The molecule has 1 saturated heterocycles. The first-order chi connectivity index (χ1) is 13.6. The Bertz CT molecular complexity index is 1110. The van der Waals surface area contributed by atoms with Crippen LogP contribution in [-0.2, 0) is 20.0 Å². The first-order valence-corrected chi connectivity index (χ1v) is 12.6. The van der Waals surface area contributed by atoms with Gasteiger partial charge in [-0.15, -0.1) is 0 Å². The van der Waals surface area contributed by atoms with Gasteiger partial charge in [-0.25, -0.2) is 16.8 Å². The Morgan fingerprint density at radius 3 is 2.48 bits per heavy atom. The third-order valence-corrected chi connectivity index (χ3v) is 8.19. The maximum Gasteiger partial charge on any atom is 0.265 e. The molecular formula is C20H26N2O5S2. The van der Waals surface area contributed by atoms with Crippen LogP contribution in [0.25, 0.3) is 0 Å². The van der Waals surface area contributed by atoms with E-state index in [0.29, 0.717) is 24.3 Å². The molecule has 2 aromatic rings. The van der Waals surface area contributed by atoms with Gasteiger partial charge in [0.05, 0.1) is 18.0 Å². The zero-order chi connectivity index (χ0) is 21.2. The number of rotatable bonds is 6. The van der Waals surface area contributed by atoms with Crippen LogP contribution < -0.4 is 13.8 Å². The van der Waals surface area contributed by atoms with Crippen LogP contribution in [-0.4, -0.2) is 35.7 Å². The number of aryl methyl sites for hydroxylation is 2. The van der Waals surface area contributed by atoms with Crippen molar-refractivity contribution < 1.29 is 21.6 Å². The fourth-order valence-electron chi connectivity index (χ4n) is 3.23. The molecule has 1 heterocycles. The van der Waals surface area contributed by atoms with Crippen LogP contribution in [0.3, 0.4) is 0 Å². The number of hydrogen-bond acceptors (Lipinski definition) is 5.